The zero-order valence-corrected chi connectivity index (χ0v) is 8.16. The van der Waals surface area contributed by atoms with Gasteiger partial charge in [-0.25, -0.2) is 0 Å². The summed E-state index contributed by atoms with van der Waals surface area (Å²) in [5, 5.41) is 0. The molecule has 1 rings (SSSR count). The van der Waals surface area contributed by atoms with Crippen molar-refractivity contribution in [3.8, 4) is 0 Å². The van der Waals surface area contributed by atoms with Crippen LogP contribution in [0.25, 0.3) is 0 Å². The summed E-state index contributed by atoms with van der Waals surface area (Å²) in [6, 6.07) is 0. The van der Waals surface area contributed by atoms with Gasteiger partial charge < -0.3 is 9.47 Å². The minimum Gasteiger partial charge on any atom is -0.353 e. The standard InChI is InChI=1S/C10H16O3/c1-3-12-8(2)13-10-6-4-9(11)5-7-10/h4,6,8,10H,3,5,7H2,1-2H3/t8-,10+/m1/s1. The highest BCUT2D eigenvalue weighted by atomic mass is 16.7. The van der Waals surface area contributed by atoms with E-state index in [1.54, 1.807) is 12.2 Å². The van der Waals surface area contributed by atoms with Gasteiger partial charge in [-0.3, -0.25) is 4.79 Å². The first kappa shape index (κ1) is 10.4. The van der Waals surface area contributed by atoms with Gasteiger partial charge >= 0.3 is 0 Å². The van der Waals surface area contributed by atoms with Crippen molar-refractivity contribution < 1.29 is 14.3 Å². The van der Waals surface area contributed by atoms with Gasteiger partial charge in [0, 0.05) is 13.0 Å². The lowest BCUT2D eigenvalue weighted by Crippen LogP contribution is -2.23. The number of hydrogen-bond acceptors (Lipinski definition) is 3. The van der Waals surface area contributed by atoms with Crippen LogP contribution >= 0.6 is 0 Å². The van der Waals surface area contributed by atoms with E-state index in [9.17, 15) is 4.79 Å². The van der Waals surface area contributed by atoms with Crippen LogP contribution in [0, 0.1) is 0 Å². The van der Waals surface area contributed by atoms with Crippen molar-refractivity contribution in [3.63, 3.8) is 0 Å². The number of ketones is 1. The van der Waals surface area contributed by atoms with Gasteiger partial charge in [0.1, 0.15) is 0 Å². The molecule has 1 aliphatic carbocycles. The van der Waals surface area contributed by atoms with Crippen molar-refractivity contribution in [1.82, 2.24) is 0 Å². The monoisotopic (exact) mass is 184 g/mol. The molecule has 3 nitrogen and oxygen atoms in total. The first-order valence-electron chi connectivity index (χ1n) is 4.70. The van der Waals surface area contributed by atoms with E-state index in [1.165, 1.54) is 0 Å². The molecule has 0 aliphatic heterocycles. The molecule has 0 amide bonds. The summed E-state index contributed by atoms with van der Waals surface area (Å²) in [7, 11) is 0. The molecule has 0 aromatic carbocycles. The van der Waals surface area contributed by atoms with E-state index < -0.39 is 0 Å². The Hall–Kier alpha value is -0.670. The first-order valence-corrected chi connectivity index (χ1v) is 4.70. The van der Waals surface area contributed by atoms with Crippen molar-refractivity contribution in [2.45, 2.75) is 39.1 Å². The van der Waals surface area contributed by atoms with E-state index in [0.717, 1.165) is 6.42 Å². The highest BCUT2D eigenvalue weighted by molar-refractivity contribution is 5.90. The third-order valence-electron chi connectivity index (χ3n) is 1.94. The fraction of sp³-hybridized carbons (Fsp3) is 0.700. The maximum absolute atomic E-state index is 10.8. The summed E-state index contributed by atoms with van der Waals surface area (Å²) in [6.45, 7) is 4.45. The topological polar surface area (TPSA) is 35.5 Å². The van der Waals surface area contributed by atoms with Gasteiger partial charge in [0.15, 0.2) is 12.1 Å². The maximum atomic E-state index is 10.8. The Morgan fingerprint density at radius 2 is 2.46 bits per heavy atom. The minimum atomic E-state index is -0.187. The molecule has 0 radical (unpaired) electrons. The second-order valence-corrected chi connectivity index (χ2v) is 3.06. The second-order valence-electron chi connectivity index (χ2n) is 3.06. The molecule has 13 heavy (non-hydrogen) atoms. The molecule has 0 N–H and O–H groups in total. The van der Waals surface area contributed by atoms with Crippen LogP contribution in [-0.2, 0) is 14.3 Å². The number of carbonyl (C=O) groups excluding carboxylic acids is 1. The third-order valence-corrected chi connectivity index (χ3v) is 1.94. The summed E-state index contributed by atoms with van der Waals surface area (Å²) in [5.74, 6) is 0.184. The Labute approximate surface area is 78.7 Å². The van der Waals surface area contributed by atoms with Crippen LogP contribution < -0.4 is 0 Å². The zero-order chi connectivity index (χ0) is 9.68. The van der Waals surface area contributed by atoms with Crippen LogP contribution in [0.3, 0.4) is 0 Å². The van der Waals surface area contributed by atoms with Crippen LogP contribution in [0.5, 0.6) is 0 Å². The average Bonchev–Trinajstić information content (AvgIpc) is 2.09. The minimum absolute atomic E-state index is 0.0410. The Kier molecular flexibility index (Phi) is 4.12. The fourth-order valence-electron chi connectivity index (χ4n) is 1.31. The molecule has 3 heteroatoms. The molecule has 0 saturated heterocycles. The molecule has 0 fully saturated rings. The largest absolute Gasteiger partial charge is 0.353 e. The van der Waals surface area contributed by atoms with Crippen molar-refractivity contribution in [2.24, 2.45) is 0 Å². The van der Waals surface area contributed by atoms with Crippen molar-refractivity contribution in [2.75, 3.05) is 6.61 Å². The van der Waals surface area contributed by atoms with Crippen LogP contribution in [0.2, 0.25) is 0 Å². The van der Waals surface area contributed by atoms with Gasteiger partial charge in [0.05, 0.1) is 6.10 Å². The maximum Gasteiger partial charge on any atom is 0.155 e. The third kappa shape index (κ3) is 3.70. The quantitative estimate of drug-likeness (QED) is 0.623. The lowest BCUT2D eigenvalue weighted by molar-refractivity contribution is -0.149. The van der Waals surface area contributed by atoms with Crippen LogP contribution in [0.1, 0.15) is 26.7 Å². The second kappa shape index (κ2) is 5.14. The molecule has 0 bridgehead atoms. The lowest BCUT2D eigenvalue weighted by atomic mass is 10.0. The number of ether oxygens (including phenoxy) is 2. The molecule has 1 aliphatic rings. The number of rotatable bonds is 4. The molecule has 0 heterocycles. The van der Waals surface area contributed by atoms with Gasteiger partial charge in [0.2, 0.25) is 0 Å². The summed E-state index contributed by atoms with van der Waals surface area (Å²) in [4.78, 5) is 10.8. The van der Waals surface area contributed by atoms with Crippen molar-refractivity contribution in [1.29, 1.82) is 0 Å². The number of allylic oxidation sites excluding steroid dienone is 1. The van der Waals surface area contributed by atoms with Gasteiger partial charge in [0.25, 0.3) is 0 Å². The van der Waals surface area contributed by atoms with E-state index >= 15 is 0 Å². The van der Waals surface area contributed by atoms with Crippen LogP contribution in [0.15, 0.2) is 12.2 Å². The van der Waals surface area contributed by atoms with Gasteiger partial charge in [-0.15, -0.1) is 0 Å². The van der Waals surface area contributed by atoms with E-state index in [4.69, 9.17) is 9.47 Å². The Balaban J connectivity index is 2.29. The zero-order valence-electron chi connectivity index (χ0n) is 8.16. The highest BCUT2D eigenvalue weighted by Crippen LogP contribution is 2.13. The molecular weight excluding hydrogens is 168 g/mol. The summed E-state index contributed by atoms with van der Waals surface area (Å²) in [6.07, 6.45) is 4.60. The van der Waals surface area contributed by atoms with Crippen LogP contribution in [0.4, 0.5) is 0 Å². The van der Waals surface area contributed by atoms with E-state index in [2.05, 4.69) is 0 Å². The summed E-state index contributed by atoms with van der Waals surface area (Å²) >= 11 is 0. The summed E-state index contributed by atoms with van der Waals surface area (Å²) < 4.78 is 10.7. The Bertz CT molecular complexity index is 198. The van der Waals surface area contributed by atoms with E-state index in [-0.39, 0.29) is 18.2 Å². The lowest BCUT2D eigenvalue weighted by Gasteiger charge is -2.21. The predicted molar refractivity (Wildman–Crippen MR) is 49.3 cm³/mol. The predicted octanol–water partition coefficient (Wildman–Crippen LogP) is 1.67. The fourth-order valence-corrected chi connectivity index (χ4v) is 1.31. The molecule has 0 spiro atoms. The highest BCUT2D eigenvalue weighted by Gasteiger charge is 2.15. The molecule has 74 valence electrons. The van der Waals surface area contributed by atoms with Crippen molar-refractivity contribution >= 4 is 5.78 Å². The summed E-state index contributed by atoms with van der Waals surface area (Å²) in [5.41, 5.74) is 0. The Morgan fingerprint density at radius 1 is 1.69 bits per heavy atom. The molecule has 0 unspecified atom stereocenters. The molecule has 0 aromatic rings. The molecule has 0 aromatic heterocycles. The van der Waals surface area contributed by atoms with Crippen molar-refractivity contribution in [3.05, 3.63) is 12.2 Å². The molecule has 2 atom stereocenters. The van der Waals surface area contributed by atoms with E-state index in [0.29, 0.717) is 13.0 Å². The molecule has 0 saturated carbocycles. The van der Waals surface area contributed by atoms with Gasteiger partial charge in [-0.2, -0.15) is 0 Å². The average molecular weight is 184 g/mol. The Morgan fingerprint density at radius 3 is 3.00 bits per heavy atom. The van der Waals surface area contributed by atoms with Gasteiger partial charge in [-0.05, 0) is 26.3 Å². The number of hydrogen-bond donors (Lipinski definition) is 0. The SMILES string of the molecule is CCO[C@@H](C)O[C@H]1C=CC(=O)CC1. The number of carbonyl (C=O) groups is 1. The van der Waals surface area contributed by atoms with Crippen LogP contribution in [-0.4, -0.2) is 24.8 Å². The first-order chi connectivity index (χ1) is 6.22. The van der Waals surface area contributed by atoms with E-state index in [1.807, 2.05) is 13.8 Å². The normalized spacial score (nSPS) is 24.8. The molecular formula is C10H16O3. The smallest absolute Gasteiger partial charge is 0.155 e. The van der Waals surface area contributed by atoms with Gasteiger partial charge in [-0.1, -0.05) is 6.08 Å².